The van der Waals surface area contributed by atoms with Crippen molar-refractivity contribution in [3.05, 3.63) is 52.2 Å². The summed E-state index contributed by atoms with van der Waals surface area (Å²) >= 11 is 1.82. The molecular weight excluding hydrogens is 358 g/mol. The summed E-state index contributed by atoms with van der Waals surface area (Å²) in [6.07, 6.45) is 2.28. The number of benzene rings is 1. The molecule has 0 saturated carbocycles. The number of carbonyl (C=O) groups is 1. The number of rotatable bonds is 8. The molecule has 2 N–H and O–H groups in total. The lowest BCUT2D eigenvalue weighted by Gasteiger charge is -2.31. The summed E-state index contributed by atoms with van der Waals surface area (Å²) in [6.45, 7) is 7.02. The molecule has 1 aliphatic rings. The highest BCUT2D eigenvalue weighted by Gasteiger charge is 2.19. The van der Waals surface area contributed by atoms with Gasteiger partial charge in [-0.15, -0.1) is 11.3 Å². The topological polar surface area (TPSA) is 53.6 Å². The molecule has 0 aliphatic carbocycles. The number of hydrogen-bond donors (Lipinski definition) is 2. The third kappa shape index (κ3) is 6.88. The van der Waals surface area contributed by atoms with Gasteiger partial charge in [-0.05, 0) is 67.9 Å². The predicted molar refractivity (Wildman–Crippen MR) is 110 cm³/mol. The van der Waals surface area contributed by atoms with Crippen molar-refractivity contribution >= 4 is 17.4 Å². The van der Waals surface area contributed by atoms with Crippen molar-refractivity contribution in [1.82, 2.24) is 15.5 Å². The molecule has 2 aromatic rings. The van der Waals surface area contributed by atoms with Crippen LogP contribution in [-0.2, 0) is 6.54 Å². The van der Waals surface area contributed by atoms with E-state index in [0.717, 1.165) is 44.8 Å². The van der Waals surface area contributed by atoms with Crippen LogP contribution in [0.4, 0.5) is 4.79 Å². The van der Waals surface area contributed by atoms with Crippen LogP contribution < -0.4 is 15.4 Å². The summed E-state index contributed by atoms with van der Waals surface area (Å²) in [6, 6.07) is 12.1. The summed E-state index contributed by atoms with van der Waals surface area (Å²) in [7, 11) is 0. The van der Waals surface area contributed by atoms with Gasteiger partial charge in [-0.2, -0.15) is 0 Å². The van der Waals surface area contributed by atoms with E-state index in [1.165, 1.54) is 10.4 Å². The molecule has 0 spiro atoms. The Hall–Kier alpha value is -2.05. The summed E-state index contributed by atoms with van der Waals surface area (Å²) in [4.78, 5) is 15.9. The van der Waals surface area contributed by atoms with Gasteiger partial charge in [0.1, 0.15) is 12.4 Å². The van der Waals surface area contributed by atoms with E-state index in [1.54, 1.807) is 0 Å². The van der Waals surface area contributed by atoms with Crippen LogP contribution in [0.3, 0.4) is 0 Å². The maximum atomic E-state index is 11.9. The van der Waals surface area contributed by atoms with Crippen molar-refractivity contribution in [2.45, 2.75) is 26.3 Å². The molecule has 1 aromatic carbocycles. The molecular formula is C21H29N3O2S. The number of likely N-dealkylation sites (tertiary alicyclic amines) is 1. The maximum Gasteiger partial charge on any atom is 0.314 e. The fourth-order valence-corrected chi connectivity index (χ4v) is 4.06. The van der Waals surface area contributed by atoms with E-state index in [0.29, 0.717) is 19.1 Å². The molecule has 5 nitrogen and oxygen atoms in total. The Bertz CT molecular complexity index is 697. The van der Waals surface area contributed by atoms with Crippen molar-refractivity contribution in [2.24, 2.45) is 5.92 Å². The van der Waals surface area contributed by atoms with E-state index in [4.69, 9.17) is 4.74 Å². The van der Waals surface area contributed by atoms with Crippen molar-refractivity contribution in [3.63, 3.8) is 0 Å². The van der Waals surface area contributed by atoms with Gasteiger partial charge in [0.15, 0.2) is 0 Å². The minimum absolute atomic E-state index is 0.108. The second kappa shape index (κ2) is 10.3. The summed E-state index contributed by atoms with van der Waals surface area (Å²) in [5.41, 5.74) is 1.17. The van der Waals surface area contributed by atoms with Crippen molar-refractivity contribution < 1.29 is 9.53 Å². The van der Waals surface area contributed by atoms with Crippen LogP contribution in [-0.4, -0.2) is 43.7 Å². The highest BCUT2D eigenvalue weighted by atomic mass is 32.1. The average Bonchev–Trinajstić information content (AvgIpc) is 3.18. The van der Waals surface area contributed by atoms with Crippen LogP contribution in [0, 0.1) is 12.8 Å². The quantitative estimate of drug-likeness (QED) is 0.680. The van der Waals surface area contributed by atoms with E-state index in [2.05, 4.69) is 33.0 Å². The normalized spacial score (nSPS) is 15.4. The minimum Gasteiger partial charge on any atom is -0.492 e. The number of carbonyl (C=O) groups excluding carboxylic acids is 1. The van der Waals surface area contributed by atoms with Gasteiger partial charge in [-0.1, -0.05) is 18.2 Å². The molecule has 6 heteroatoms. The van der Waals surface area contributed by atoms with Crippen molar-refractivity contribution in [3.8, 4) is 5.75 Å². The molecule has 0 atom stereocenters. The van der Waals surface area contributed by atoms with E-state index in [1.807, 2.05) is 42.5 Å². The van der Waals surface area contributed by atoms with Gasteiger partial charge in [-0.25, -0.2) is 4.79 Å². The minimum atomic E-state index is -0.108. The fraction of sp³-hybridized carbons (Fsp3) is 0.476. The smallest absolute Gasteiger partial charge is 0.314 e. The number of amides is 2. The summed E-state index contributed by atoms with van der Waals surface area (Å²) in [5, 5.41) is 8.00. The highest BCUT2D eigenvalue weighted by molar-refractivity contribution is 7.09. The number of nitrogens with zero attached hydrogens (tertiary/aromatic N) is 1. The van der Waals surface area contributed by atoms with Gasteiger partial charge in [-0.3, -0.25) is 4.90 Å². The second-order valence-electron chi connectivity index (χ2n) is 7.10. The number of thiophene rings is 1. The molecule has 146 valence electrons. The van der Waals surface area contributed by atoms with Gasteiger partial charge in [0.2, 0.25) is 0 Å². The molecule has 1 fully saturated rings. The standard InChI is InChI=1S/C21H29N3O2S/c1-17-4-2-5-19(14-17)26-12-9-22-21(25)23-15-18-7-10-24(11-8-18)16-20-6-3-13-27-20/h2-6,13-14,18H,7-12,15-16H2,1H3,(H2,22,23,25). The molecule has 1 aromatic heterocycles. The highest BCUT2D eigenvalue weighted by Crippen LogP contribution is 2.20. The largest absolute Gasteiger partial charge is 0.492 e. The first-order chi connectivity index (χ1) is 13.2. The number of nitrogens with one attached hydrogen (secondary N) is 2. The first kappa shape index (κ1) is 19.7. The Balaban J connectivity index is 1.24. The molecule has 3 rings (SSSR count). The Morgan fingerprint density at radius 2 is 2.07 bits per heavy atom. The first-order valence-corrected chi connectivity index (χ1v) is 10.5. The van der Waals surface area contributed by atoms with Gasteiger partial charge < -0.3 is 15.4 Å². The van der Waals surface area contributed by atoms with Gasteiger partial charge >= 0.3 is 6.03 Å². The first-order valence-electron chi connectivity index (χ1n) is 9.65. The number of piperidine rings is 1. The Morgan fingerprint density at radius 3 is 2.81 bits per heavy atom. The van der Waals surface area contributed by atoms with Crippen LogP contribution in [0.15, 0.2) is 41.8 Å². The maximum absolute atomic E-state index is 11.9. The van der Waals surface area contributed by atoms with E-state index >= 15 is 0 Å². The van der Waals surface area contributed by atoms with Gasteiger partial charge in [0.05, 0.1) is 6.54 Å². The third-order valence-corrected chi connectivity index (χ3v) is 5.73. The van der Waals surface area contributed by atoms with Gasteiger partial charge in [0.25, 0.3) is 0 Å². The van der Waals surface area contributed by atoms with E-state index in [9.17, 15) is 4.79 Å². The third-order valence-electron chi connectivity index (χ3n) is 4.86. The fourth-order valence-electron chi connectivity index (χ4n) is 3.31. The van der Waals surface area contributed by atoms with E-state index < -0.39 is 0 Å². The zero-order valence-electron chi connectivity index (χ0n) is 15.9. The number of urea groups is 1. The zero-order chi connectivity index (χ0) is 18.9. The molecule has 2 heterocycles. The molecule has 1 aliphatic heterocycles. The summed E-state index contributed by atoms with van der Waals surface area (Å²) in [5.74, 6) is 1.41. The SMILES string of the molecule is Cc1cccc(OCCNC(=O)NCC2CCN(Cc3cccs3)CC2)c1. The predicted octanol–water partition coefficient (Wildman–Crippen LogP) is 3.65. The molecule has 0 radical (unpaired) electrons. The Kier molecular flexibility index (Phi) is 7.54. The second-order valence-corrected chi connectivity index (χ2v) is 8.13. The van der Waals surface area contributed by atoms with E-state index in [-0.39, 0.29) is 6.03 Å². The molecule has 27 heavy (non-hydrogen) atoms. The van der Waals surface area contributed by atoms with Crippen molar-refractivity contribution in [1.29, 1.82) is 0 Å². The monoisotopic (exact) mass is 387 g/mol. The molecule has 0 unspecified atom stereocenters. The van der Waals surface area contributed by atoms with Gasteiger partial charge in [0, 0.05) is 18.0 Å². The lowest BCUT2D eigenvalue weighted by molar-refractivity contribution is 0.176. The lowest BCUT2D eigenvalue weighted by atomic mass is 9.97. The van der Waals surface area contributed by atoms with Crippen LogP contribution >= 0.6 is 11.3 Å². The van der Waals surface area contributed by atoms with Crippen LogP contribution in [0.5, 0.6) is 5.75 Å². The average molecular weight is 388 g/mol. The number of hydrogen-bond acceptors (Lipinski definition) is 4. The molecule has 1 saturated heterocycles. The van der Waals surface area contributed by atoms with Crippen molar-refractivity contribution in [2.75, 3.05) is 32.8 Å². The van der Waals surface area contributed by atoms with Crippen LogP contribution in [0.2, 0.25) is 0 Å². The Labute approximate surface area is 165 Å². The molecule has 0 bridgehead atoms. The summed E-state index contributed by atoms with van der Waals surface area (Å²) < 4.78 is 5.64. The number of aryl methyl sites for hydroxylation is 1. The zero-order valence-corrected chi connectivity index (χ0v) is 16.8. The number of ether oxygens (including phenoxy) is 1. The van der Waals surface area contributed by atoms with Crippen LogP contribution in [0.25, 0.3) is 0 Å². The molecule has 2 amide bonds. The van der Waals surface area contributed by atoms with Crippen LogP contribution in [0.1, 0.15) is 23.3 Å². The lowest BCUT2D eigenvalue weighted by Crippen LogP contribution is -2.42. The Morgan fingerprint density at radius 1 is 1.22 bits per heavy atom.